The van der Waals surface area contributed by atoms with Gasteiger partial charge >= 0.3 is 5.97 Å². The lowest BCUT2D eigenvalue weighted by atomic mass is 9.88. The van der Waals surface area contributed by atoms with Crippen LogP contribution in [0.3, 0.4) is 0 Å². The number of anilines is 1. The number of imidazole rings is 1. The first-order valence-electron chi connectivity index (χ1n) is 14.9. The summed E-state index contributed by atoms with van der Waals surface area (Å²) in [6, 6.07) is 17.0. The van der Waals surface area contributed by atoms with Crippen LogP contribution in [-0.2, 0) is 24.3 Å². The van der Waals surface area contributed by atoms with Crippen LogP contribution in [0.15, 0.2) is 54.6 Å². The molecular weight excluding hydrogens is 535 g/mol. The molecule has 218 valence electrons. The number of hydrogen-bond acceptors (Lipinski definition) is 6. The zero-order chi connectivity index (χ0) is 28.8. The number of carboxylic acids is 1. The van der Waals surface area contributed by atoms with Gasteiger partial charge in [0.05, 0.1) is 29.2 Å². The lowest BCUT2D eigenvalue weighted by molar-refractivity contribution is -0.0590. The average molecular weight is 571 g/mol. The van der Waals surface area contributed by atoms with Gasteiger partial charge in [-0.3, -0.25) is 0 Å². The number of benzene rings is 2. The molecule has 1 N–H and O–H groups in total. The molecule has 3 saturated heterocycles. The van der Waals surface area contributed by atoms with Crippen molar-refractivity contribution in [3.8, 4) is 5.88 Å². The van der Waals surface area contributed by atoms with Crippen molar-refractivity contribution in [1.82, 2.24) is 14.5 Å². The van der Waals surface area contributed by atoms with Crippen molar-refractivity contribution in [3.63, 3.8) is 0 Å². The number of carboxylic acid groups (broad SMARTS) is 1. The molecule has 7 rings (SSSR count). The maximum atomic E-state index is 14.3. The molecule has 8 nitrogen and oxygen atoms in total. The molecule has 3 aliphatic heterocycles. The number of halogens is 1. The Bertz CT molecular complexity index is 1620. The second-order valence-corrected chi connectivity index (χ2v) is 12.0. The summed E-state index contributed by atoms with van der Waals surface area (Å²) in [7, 11) is 0. The summed E-state index contributed by atoms with van der Waals surface area (Å²) in [5.74, 6) is 1.71. The van der Waals surface area contributed by atoms with Crippen LogP contribution in [-0.4, -0.2) is 50.4 Å². The fourth-order valence-electron chi connectivity index (χ4n) is 6.94. The summed E-state index contributed by atoms with van der Waals surface area (Å²) < 4.78 is 28.1. The Hall–Kier alpha value is -3.98. The molecule has 0 amide bonds. The number of nitrogens with zero attached hydrogens (tertiary/aromatic N) is 4. The monoisotopic (exact) mass is 570 g/mol. The van der Waals surface area contributed by atoms with Gasteiger partial charge in [-0.15, -0.1) is 0 Å². The summed E-state index contributed by atoms with van der Waals surface area (Å²) in [5.41, 5.74) is 3.38. The lowest BCUT2D eigenvalue weighted by Gasteiger charge is -2.40. The molecular formula is C33H35FN4O4. The molecule has 0 saturated carbocycles. The van der Waals surface area contributed by atoms with Gasteiger partial charge in [0.25, 0.3) is 0 Å². The van der Waals surface area contributed by atoms with Gasteiger partial charge in [0, 0.05) is 36.7 Å². The van der Waals surface area contributed by atoms with Crippen molar-refractivity contribution < 1.29 is 23.8 Å². The van der Waals surface area contributed by atoms with Crippen LogP contribution in [0.5, 0.6) is 5.88 Å². The molecule has 0 aliphatic carbocycles. The molecule has 5 heterocycles. The van der Waals surface area contributed by atoms with Crippen molar-refractivity contribution in [2.45, 2.75) is 76.8 Å². The Balaban J connectivity index is 1.07. The summed E-state index contributed by atoms with van der Waals surface area (Å²) in [4.78, 5) is 23.9. The maximum Gasteiger partial charge on any atom is 0.335 e. The molecule has 4 aromatic rings. The second kappa shape index (κ2) is 11.0. The Morgan fingerprint density at radius 3 is 2.60 bits per heavy atom. The van der Waals surface area contributed by atoms with Crippen molar-refractivity contribution in [2.75, 3.05) is 11.5 Å². The van der Waals surface area contributed by atoms with E-state index in [0.29, 0.717) is 36.0 Å². The molecule has 3 fully saturated rings. The lowest BCUT2D eigenvalue weighted by Crippen LogP contribution is -2.44. The largest absolute Gasteiger partial charge is 0.478 e. The van der Waals surface area contributed by atoms with Crippen LogP contribution in [0.1, 0.15) is 59.4 Å². The summed E-state index contributed by atoms with van der Waals surface area (Å²) in [5, 5.41) is 9.56. The molecule has 9 heteroatoms. The second-order valence-electron chi connectivity index (χ2n) is 12.0. The first-order valence-corrected chi connectivity index (χ1v) is 14.9. The van der Waals surface area contributed by atoms with E-state index >= 15 is 0 Å². The van der Waals surface area contributed by atoms with Gasteiger partial charge in [-0.1, -0.05) is 18.2 Å². The first-order chi connectivity index (χ1) is 20.4. The van der Waals surface area contributed by atoms with Crippen molar-refractivity contribution in [2.24, 2.45) is 5.92 Å². The predicted molar refractivity (Wildman–Crippen MR) is 156 cm³/mol. The minimum absolute atomic E-state index is 0.137. The van der Waals surface area contributed by atoms with E-state index in [1.807, 2.05) is 37.3 Å². The quantitative estimate of drug-likeness (QED) is 0.267. The number of aromatic carboxylic acids is 1. The highest BCUT2D eigenvalue weighted by Gasteiger charge is 2.42. The zero-order valence-electron chi connectivity index (χ0n) is 23.7. The van der Waals surface area contributed by atoms with Gasteiger partial charge < -0.3 is 24.0 Å². The molecule has 3 atom stereocenters. The number of piperidine rings is 1. The van der Waals surface area contributed by atoms with Crippen LogP contribution >= 0.6 is 0 Å². The Labute approximate surface area is 244 Å². The van der Waals surface area contributed by atoms with E-state index in [4.69, 9.17) is 19.4 Å². The molecule has 3 aliphatic rings. The normalized spacial score (nSPS) is 23.2. The first kappa shape index (κ1) is 26.9. The van der Waals surface area contributed by atoms with Crippen LogP contribution in [0.4, 0.5) is 10.2 Å². The molecule has 42 heavy (non-hydrogen) atoms. The molecule has 2 aromatic carbocycles. The topological polar surface area (TPSA) is 89.7 Å². The Morgan fingerprint density at radius 2 is 1.88 bits per heavy atom. The minimum Gasteiger partial charge on any atom is -0.478 e. The van der Waals surface area contributed by atoms with E-state index in [1.165, 1.54) is 6.07 Å². The predicted octanol–water partition coefficient (Wildman–Crippen LogP) is 5.94. The number of rotatable bonds is 9. The molecule has 0 radical (unpaired) electrons. The van der Waals surface area contributed by atoms with Crippen molar-refractivity contribution >= 4 is 22.8 Å². The third kappa shape index (κ3) is 5.22. The summed E-state index contributed by atoms with van der Waals surface area (Å²) >= 11 is 0. The van der Waals surface area contributed by atoms with Crippen LogP contribution in [0.2, 0.25) is 0 Å². The van der Waals surface area contributed by atoms with Gasteiger partial charge in [-0.25, -0.2) is 14.2 Å². The molecule has 0 spiro atoms. The molecule has 2 unspecified atom stereocenters. The molecule has 2 aromatic heterocycles. The van der Waals surface area contributed by atoms with Gasteiger partial charge in [0.15, 0.2) is 0 Å². The maximum absolute atomic E-state index is 14.3. The Morgan fingerprint density at radius 1 is 1.07 bits per heavy atom. The average Bonchev–Trinajstić information content (AvgIpc) is 3.42. The minimum atomic E-state index is -0.930. The highest BCUT2D eigenvalue weighted by Crippen LogP contribution is 2.42. The van der Waals surface area contributed by atoms with E-state index in [2.05, 4.69) is 9.47 Å². The SMILES string of the molecule is Cc1ccc(COc2cccc(N3C4CCC3CC(Cc3nc5ccc(C(=O)O)cc5n3C[C@@H]3CCO3)C4)n2)c(F)c1. The molecule has 2 bridgehead atoms. The third-order valence-corrected chi connectivity index (χ3v) is 9.11. The number of aromatic nitrogens is 3. The number of hydrogen-bond donors (Lipinski definition) is 1. The van der Waals surface area contributed by atoms with Crippen LogP contribution in [0.25, 0.3) is 11.0 Å². The van der Waals surface area contributed by atoms with Crippen LogP contribution in [0, 0.1) is 18.7 Å². The third-order valence-electron chi connectivity index (χ3n) is 9.11. The van der Waals surface area contributed by atoms with Gasteiger partial charge in [0.2, 0.25) is 5.88 Å². The van der Waals surface area contributed by atoms with E-state index in [-0.39, 0.29) is 24.1 Å². The van der Waals surface area contributed by atoms with E-state index in [9.17, 15) is 14.3 Å². The summed E-state index contributed by atoms with van der Waals surface area (Å²) in [6.45, 7) is 3.48. The van der Waals surface area contributed by atoms with Crippen LogP contribution < -0.4 is 9.64 Å². The van der Waals surface area contributed by atoms with E-state index < -0.39 is 5.97 Å². The number of carbonyl (C=O) groups is 1. The van der Waals surface area contributed by atoms with Gasteiger partial charge in [-0.05, 0) is 80.8 Å². The zero-order valence-corrected chi connectivity index (χ0v) is 23.7. The number of ether oxygens (including phenoxy) is 2. The number of aryl methyl sites for hydroxylation is 1. The number of fused-ring (bicyclic) bond motifs is 3. The highest BCUT2D eigenvalue weighted by atomic mass is 19.1. The Kier molecular flexibility index (Phi) is 7.06. The fourth-order valence-corrected chi connectivity index (χ4v) is 6.94. The smallest absolute Gasteiger partial charge is 0.335 e. The summed E-state index contributed by atoms with van der Waals surface area (Å²) in [6.07, 6.45) is 6.34. The fraction of sp³-hybridized carbons (Fsp3) is 0.424. The van der Waals surface area contributed by atoms with E-state index in [0.717, 1.165) is 73.4 Å². The van der Waals surface area contributed by atoms with Crippen molar-refractivity contribution in [3.05, 3.63) is 82.9 Å². The highest BCUT2D eigenvalue weighted by molar-refractivity contribution is 5.92. The van der Waals surface area contributed by atoms with Crippen molar-refractivity contribution in [1.29, 1.82) is 0 Å². The van der Waals surface area contributed by atoms with Gasteiger partial charge in [-0.2, -0.15) is 4.98 Å². The van der Waals surface area contributed by atoms with E-state index in [1.54, 1.807) is 18.2 Å². The van der Waals surface area contributed by atoms with Gasteiger partial charge in [0.1, 0.15) is 24.1 Å². The standard InChI is InChI=1S/C33H35FN4O4/c1-20-5-6-23(27(34)13-20)19-42-32-4-2-3-30(36-32)38-24-8-9-25(38)15-21(14-24)16-31-35-28-10-7-22(33(39)40)17-29(28)37(31)18-26-11-12-41-26/h2-7,10,13,17,21,24-26H,8-9,11-12,14-16,18-19H2,1H3,(H,39,40)/t21?,24?,25?,26-/m0/s1. The number of pyridine rings is 1.